The second-order valence-electron chi connectivity index (χ2n) is 3.09. The molecule has 78 valence electrons. The molecule has 0 atom stereocenters. The molecule has 4 heteroatoms. The Morgan fingerprint density at radius 3 is 2.21 bits per heavy atom. The van der Waals surface area contributed by atoms with Crippen LogP contribution in [0.4, 0.5) is 0 Å². The van der Waals surface area contributed by atoms with E-state index in [1.54, 1.807) is 0 Å². The van der Waals surface area contributed by atoms with Gasteiger partial charge in [0.15, 0.2) is 17.2 Å². The van der Waals surface area contributed by atoms with Gasteiger partial charge in [0.1, 0.15) is 0 Å². The van der Waals surface area contributed by atoms with Crippen molar-refractivity contribution in [1.82, 2.24) is 5.32 Å². The van der Waals surface area contributed by atoms with Gasteiger partial charge in [-0.1, -0.05) is 6.92 Å². The predicted molar refractivity (Wildman–Crippen MR) is 53.7 cm³/mol. The van der Waals surface area contributed by atoms with Gasteiger partial charge in [0.2, 0.25) is 0 Å². The lowest BCUT2D eigenvalue weighted by Crippen LogP contribution is -2.15. The lowest BCUT2D eigenvalue weighted by Gasteiger charge is -2.05. The molecule has 0 heterocycles. The summed E-state index contributed by atoms with van der Waals surface area (Å²) in [5, 5.41) is 30.6. The molecule has 0 aliphatic heterocycles. The van der Waals surface area contributed by atoms with Crippen molar-refractivity contribution in [3.63, 3.8) is 0 Å². The zero-order valence-corrected chi connectivity index (χ0v) is 8.12. The van der Waals surface area contributed by atoms with Crippen LogP contribution in [-0.2, 0) is 6.42 Å². The molecule has 0 unspecified atom stereocenters. The van der Waals surface area contributed by atoms with Crippen LogP contribution in [0.2, 0.25) is 0 Å². The Labute approximate surface area is 82.8 Å². The molecule has 0 aliphatic rings. The van der Waals surface area contributed by atoms with Gasteiger partial charge < -0.3 is 20.6 Å². The highest BCUT2D eigenvalue weighted by Crippen LogP contribution is 2.35. The Kier molecular flexibility index (Phi) is 3.59. The average Bonchev–Trinajstić information content (AvgIpc) is 2.14. The fraction of sp³-hybridized carbons (Fsp3) is 0.400. The second kappa shape index (κ2) is 4.72. The minimum absolute atomic E-state index is 0.281. The summed E-state index contributed by atoms with van der Waals surface area (Å²) in [6.45, 7) is 3.67. The van der Waals surface area contributed by atoms with E-state index < -0.39 is 5.75 Å². The number of hydrogen-bond donors (Lipinski definition) is 4. The lowest BCUT2D eigenvalue weighted by molar-refractivity contribution is 0.367. The van der Waals surface area contributed by atoms with Crippen LogP contribution < -0.4 is 5.32 Å². The number of rotatable bonds is 4. The van der Waals surface area contributed by atoms with E-state index >= 15 is 0 Å². The fourth-order valence-corrected chi connectivity index (χ4v) is 1.21. The van der Waals surface area contributed by atoms with Crippen molar-refractivity contribution >= 4 is 0 Å². The van der Waals surface area contributed by atoms with E-state index in [4.69, 9.17) is 5.11 Å². The number of nitrogens with one attached hydrogen (secondary N) is 1. The van der Waals surface area contributed by atoms with Crippen molar-refractivity contribution in [2.24, 2.45) is 0 Å². The van der Waals surface area contributed by atoms with Crippen molar-refractivity contribution in [3.8, 4) is 17.2 Å². The first-order valence-electron chi connectivity index (χ1n) is 4.59. The molecule has 0 aromatic heterocycles. The van der Waals surface area contributed by atoms with Crippen LogP contribution >= 0.6 is 0 Å². The standard InChI is InChI=1S/C10H15NO3/c1-2-11-4-3-7-5-8(12)10(14)9(13)6-7/h5-6,11-14H,2-4H2,1H3. The van der Waals surface area contributed by atoms with E-state index in [9.17, 15) is 10.2 Å². The van der Waals surface area contributed by atoms with E-state index in [0.29, 0.717) is 6.42 Å². The van der Waals surface area contributed by atoms with Gasteiger partial charge in [0.25, 0.3) is 0 Å². The van der Waals surface area contributed by atoms with Gasteiger partial charge in [-0.05, 0) is 37.2 Å². The third kappa shape index (κ3) is 2.53. The summed E-state index contributed by atoms with van der Waals surface area (Å²) in [4.78, 5) is 0. The van der Waals surface area contributed by atoms with Crippen molar-refractivity contribution < 1.29 is 15.3 Å². The van der Waals surface area contributed by atoms with Crippen LogP contribution in [0.25, 0.3) is 0 Å². The number of likely N-dealkylation sites (N-methyl/N-ethyl adjacent to an activating group) is 1. The van der Waals surface area contributed by atoms with Gasteiger partial charge in [-0.2, -0.15) is 0 Å². The van der Waals surface area contributed by atoms with Gasteiger partial charge in [-0.25, -0.2) is 0 Å². The highest BCUT2D eigenvalue weighted by atomic mass is 16.3. The van der Waals surface area contributed by atoms with Crippen LogP contribution in [-0.4, -0.2) is 28.4 Å². The van der Waals surface area contributed by atoms with E-state index in [0.717, 1.165) is 18.7 Å². The summed E-state index contributed by atoms with van der Waals surface area (Å²) in [6.07, 6.45) is 0.704. The number of phenols is 3. The van der Waals surface area contributed by atoms with E-state index in [1.807, 2.05) is 6.92 Å². The summed E-state index contributed by atoms with van der Waals surface area (Å²) in [6, 6.07) is 2.90. The molecular weight excluding hydrogens is 182 g/mol. The summed E-state index contributed by atoms with van der Waals surface area (Å²) in [5.74, 6) is -1.02. The fourth-order valence-electron chi connectivity index (χ4n) is 1.21. The van der Waals surface area contributed by atoms with Crippen molar-refractivity contribution in [3.05, 3.63) is 17.7 Å². The molecule has 0 fully saturated rings. The van der Waals surface area contributed by atoms with E-state index in [1.165, 1.54) is 12.1 Å². The van der Waals surface area contributed by atoms with Gasteiger partial charge in [0, 0.05) is 0 Å². The first-order chi connectivity index (χ1) is 6.65. The van der Waals surface area contributed by atoms with Crippen LogP contribution in [0.5, 0.6) is 17.2 Å². The molecule has 0 aliphatic carbocycles. The van der Waals surface area contributed by atoms with Crippen LogP contribution in [0.1, 0.15) is 12.5 Å². The topological polar surface area (TPSA) is 72.7 Å². The van der Waals surface area contributed by atoms with Crippen LogP contribution in [0, 0.1) is 0 Å². The molecule has 1 aromatic carbocycles. The Morgan fingerprint density at radius 1 is 1.14 bits per heavy atom. The molecule has 0 saturated heterocycles. The number of benzene rings is 1. The summed E-state index contributed by atoms with van der Waals surface area (Å²) >= 11 is 0. The molecule has 0 saturated carbocycles. The molecule has 0 bridgehead atoms. The average molecular weight is 197 g/mol. The molecule has 14 heavy (non-hydrogen) atoms. The molecule has 1 rings (SSSR count). The van der Waals surface area contributed by atoms with E-state index in [2.05, 4.69) is 5.32 Å². The first-order valence-corrected chi connectivity index (χ1v) is 4.59. The van der Waals surface area contributed by atoms with Crippen LogP contribution in [0.15, 0.2) is 12.1 Å². The zero-order valence-electron chi connectivity index (χ0n) is 8.12. The van der Waals surface area contributed by atoms with E-state index in [-0.39, 0.29) is 11.5 Å². The molecule has 4 nitrogen and oxygen atoms in total. The van der Waals surface area contributed by atoms with Gasteiger partial charge in [-0.3, -0.25) is 0 Å². The van der Waals surface area contributed by atoms with Crippen molar-refractivity contribution in [2.75, 3.05) is 13.1 Å². The maximum absolute atomic E-state index is 9.21. The SMILES string of the molecule is CCNCCc1cc(O)c(O)c(O)c1. The smallest absolute Gasteiger partial charge is 0.200 e. The molecule has 1 aromatic rings. The third-order valence-electron chi connectivity index (χ3n) is 1.97. The Bertz CT molecular complexity index is 289. The van der Waals surface area contributed by atoms with Gasteiger partial charge in [-0.15, -0.1) is 0 Å². The minimum Gasteiger partial charge on any atom is -0.504 e. The monoisotopic (exact) mass is 197 g/mol. The highest BCUT2D eigenvalue weighted by molar-refractivity contribution is 5.51. The maximum atomic E-state index is 9.21. The molecule has 0 spiro atoms. The maximum Gasteiger partial charge on any atom is 0.200 e. The molecule has 4 N–H and O–H groups in total. The summed E-state index contributed by atoms with van der Waals surface area (Å²) in [7, 11) is 0. The second-order valence-corrected chi connectivity index (χ2v) is 3.09. The molecule has 0 amide bonds. The Morgan fingerprint density at radius 2 is 1.71 bits per heavy atom. The lowest BCUT2D eigenvalue weighted by atomic mass is 10.1. The summed E-state index contributed by atoms with van der Waals surface area (Å²) < 4.78 is 0. The van der Waals surface area contributed by atoms with Crippen molar-refractivity contribution in [2.45, 2.75) is 13.3 Å². The number of aromatic hydroxyl groups is 3. The van der Waals surface area contributed by atoms with Gasteiger partial charge >= 0.3 is 0 Å². The highest BCUT2D eigenvalue weighted by Gasteiger charge is 2.07. The largest absolute Gasteiger partial charge is 0.504 e. The minimum atomic E-state index is -0.461. The van der Waals surface area contributed by atoms with Crippen LogP contribution in [0.3, 0.4) is 0 Å². The van der Waals surface area contributed by atoms with Crippen molar-refractivity contribution in [1.29, 1.82) is 0 Å². The number of hydrogen-bond acceptors (Lipinski definition) is 4. The number of phenolic OH excluding ortho intramolecular Hbond substituents is 3. The molecule has 0 radical (unpaired) electrons. The third-order valence-corrected chi connectivity index (χ3v) is 1.97. The molecular formula is C10H15NO3. The Balaban J connectivity index is 2.69. The van der Waals surface area contributed by atoms with Gasteiger partial charge in [0.05, 0.1) is 0 Å². The zero-order chi connectivity index (χ0) is 10.6. The predicted octanol–water partition coefficient (Wildman–Crippen LogP) is 0.955. The Hall–Kier alpha value is -1.42. The summed E-state index contributed by atoms with van der Waals surface area (Å²) in [5.41, 5.74) is 0.791. The first kappa shape index (κ1) is 10.7. The quantitative estimate of drug-likeness (QED) is 0.428. The normalized spacial score (nSPS) is 10.4.